The third-order valence-electron chi connectivity index (χ3n) is 4.28. The van der Waals surface area contributed by atoms with Crippen LogP contribution >= 0.6 is 0 Å². The monoisotopic (exact) mass is 327 g/mol. The Morgan fingerprint density at radius 2 is 1.24 bits per heavy atom. The molecule has 3 aromatic carbocycles. The van der Waals surface area contributed by atoms with E-state index in [1.54, 1.807) is 0 Å². The predicted molar refractivity (Wildman–Crippen MR) is 98.6 cm³/mol. The lowest BCUT2D eigenvalue weighted by molar-refractivity contribution is -0.122. The molecule has 0 fully saturated rings. The van der Waals surface area contributed by atoms with E-state index in [0.717, 1.165) is 33.5 Å². The molecule has 0 aliphatic heterocycles. The first-order valence-electron chi connectivity index (χ1n) is 8.28. The Labute approximate surface area is 146 Å². The fourth-order valence-corrected chi connectivity index (χ4v) is 3.14. The van der Waals surface area contributed by atoms with E-state index < -0.39 is 0 Å². The lowest BCUT2D eigenvalue weighted by atomic mass is 10.1. The number of hydrogen-bond acceptors (Lipinski definition) is 3. The number of fused-ring (bicyclic) bond motifs is 3. The lowest BCUT2D eigenvalue weighted by Gasteiger charge is -2.03. The number of nitrogens with zero attached hydrogens (tertiary/aromatic N) is 1. The molecule has 4 rings (SSSR count). The van der Waals surface area contributed by atoms with Crippen LogP contribution in [0.5, 0.6) is 0 Å². The van der Waals surface area contributed by atoms with Crippen molar-refractivity contribution in [3.05, 3.63) is 95.6 Å². The molecular weight excluding hydrogens is 310 g/mol. The molecule has 0 heterocycles. The highest BCUT2D eigenvalue weighted by Gasteiger charge is 2.24. The standard InChI is InChI=1S/C22H17NO2/c24-17(14-16-8-2-1-3-9-16)15-25-23-22-20-12-6-4-10-18(20)19-11-5-7-13-21(19)22/h1-13H,14-15H2. The van der Waals surface area contributed by atoms with E-state index in [4.69, 9.17) is 4.84 Å². The molecule has 0 saturated carbocycles. The molecular formula is C22H17NO2. The number of ketones is 1. The number of carbonyl (C=O) groups excluding carboxylic acids is 1. The number of carbonyl (C=O) groups is 1. The average molecular weight is 327 g/mol. The van der Waals surface area contributed by atoms with E-state index in [1.807, 2.05) is 66.7 Å². The van der Waals surface area contributed by atoms with Crippen LogP contribution in [-0.2, 0) is 16.1 Å². The van der Waals surface area contributed by atoms with Crippen molar-refractivity contribution < 1.29 is 9.63 Å². The highest BCUT2D eigenvalue weighted by molar-refractivity contribution is 6.24. The summed E-state index contributed by atoms with van der Waals surface area (Å²) in [6.45, 7) is -0.0251. The van der Waals surface area contributed by atoms with Crippen molar-refractivity contribution in [2.45, 2.75) is 6.42 Å². The molecule has 0 radical (unpaired) electrons. The van der Waals surface area contributed by atoms with Gasteiger partial charge in [0, 0.05) is 17.5 Å². The van der Waals surface area contributed by atoms with Crippen LogP contribution in [0.1, 0.15) is 16.7 Å². The van der Waals surface area contributed by atoms with Crippen LogP contribution in [0.3, 0.4) is 0 Å². The molecule has 0 N–H and O–H groups in total. The Balaban J connectivity index is 1.51. The summed E-state index contributed by atoms with van der Waals surface area (Å²) >= 11 is 0. The topological polar surface area (TPSA) is 38.7 Å². The minimum Gasteiger partial charge on any atom is -0.387 e. The summed E-state index contributed by atoms with van der Waals surface area (Å²) in [7, 11) is 0. The van der Waals surface area contributed by atoms with Crippen LogP contribution in [0, 0.1) is 0 Å². The highest BCUT2D eigenvalue weighted by atomic mass is 16.6. The summed E-state index contributed by atoms with van der Waals surface area (Å²) in [6, 6.07) is 25.9. The average Bonchev–Trinajstić information content (AvgIpc) is 2.97. The first kappa shape index (κ1) is 15.3. The molecule has 3 aromatic rings. The highest BCUT2D eigenvalue weighted by Crippen LogP contribution is 2.36. The van der Waals surface area contributed by atoms with E-state index in [2.05, 4.69) is 17.3 Å². The van der Waals surface area contributed by atoms with Crippen LogP contribution < -0.4 is 0 Å². The second-order valence-electron chi connectivity index (χ2n) is 6.01. The molecule has 3 nitrogen and oxygen atoms in total. The van der Waals surface area contributed by atoms with Crippen molar-refractivity contribution in [2.24, 2.45) is 5.16 Å². The van der Waals surface area contributed by atoms with Crippen molar-refractivity contribution in [3.63, 3.8) is 0 Å². The van der Waals surface area contributed by atoms with Gasteiger partial charge in [-0.25, -0.2) is 0 Å². The normalized spacial score (nSPS) is 11.6. The van der Waals surface area contributed by atoms with Crippen molar-refractivity contribution in [1.29, 1.82) is 0 Å². The number of hydrogen-bond donors (Lipinski definition) is 0. The van der Waals surface area contributed by atoms with Gasteiger partial charge in [-0.15, -0.1) is 0 Å². The molecule has 1 aliphatic rings. The maximum absolute atomic E-state index is 12.1. The molecule has 0 aromatic heterocycles. The van der Waals surface area contributed by atoms with Gasteiger partial charge in [0.25, 0.3) is 0 Å². The number of Topliss-reactive ketones (excluding diaryl/α,β-unsaturated/α-hetero) is 1. The van der Waals surface area contributed by atoms with Crippen LogP contribution in [0.25, 0.3) is 11.1 Å². The van der Waals surface area contributed by atoms with Gasteiger partial charge in [-0.3, -0.25) is 4.79 Å². The Morgan fingerprint density at radius 3 is 1.84 bits per heavy atom. The van der Waals surface area contributed by atoms with Crippen molar-refractivity contribution in [2.75, 3.05) is 6.61 Å². The zero-order valence-electron chi connectivity index (χ0n) is 13.7. The van der Waals surface area contributed by atoms with E-state index in [1.165, 1.54) is 0 Å². The first-order valence-corrected chi connectivity index (χ1v) is 8.28. The smallest absolute Gasteiger partial charge is 0.177 e. The van der Waals surface area contributed by atoms with Gasteiger partial charge < -0.3 is 4.84 Å². The Kier molecular flexibility index (Phi) is 4.13. The second kappa shape index (κ2) is 6.73. The fraction of sp³-hybridized carbons (Fsp3) is 0.0909. The van der Waals surface area contributed by atoms with Gasteiger partial charge in [0.15, 0.2) is 12.4 Å². The predicted octanol–water partition coefficient (Wildman–Crippen LogP) is 4.25. The van der Waals surface area contributed by atoms with Crippen molar-refractivity contribution in [1.82, 2.24) is 0 Å². The number of rotatable bonds is 5. The second-order valence-corrected chi connectivity index (χ2v) is 6.01. The summed E-state index contributed by atoms with van der Waals surface area (Å²) in [5.74, 6) is 0.00937. The summed E-state index contributed by atoms with van der Waals surface area (Å²) in [5.41, 5.74) is 6.16. The number of benzene rings is 3. The first-order chi connectivity index (χ1) is 12.3. The summed E-state index contributed by atoms with van der Waals surface area (Å²) in [5, 5.41) is 4.28. The van der Waals surface area contributed by atoms with Gasteiger partial charge in [-0.2, -0.15) is 0 Å². The lowest BCUT2D eigenvalue weighted by Crippen LogP contribution is -2.10. The van der Waals surface area contributed by atoms with Gasteiger partial charge in [-0.1, -0.05) is 84.0 Å². The fourth-order valence-electron chi connectivity index (χ4n) is 3.14. The van der Waals surface area contributed by atoms with Gasteiger partial charge in [0.1, 0.15) is 5.71 Å². The van der Waals surface area contributed by atoms with Crippen LogP contribution in [0.2, 0.25) is 0 Å². The van der Waals surface area contributed by atoms with E-state index in [9.17, 15) is 4.79 Å². The largest absolute Gasteiger partial charge is 0.387 e. The van der Waals surface area contributed by atoms with Gasteiger partial charge in [0.2, 0.25) is 0 Å². The maximum atomic E-state index is 12.1. The zero-order chi connectivity index (χ0) is 17.1. The molecule has 0 unspecified atom stereocenters. The maximum Gasteiger partial charge on any atom is 0.177 e. The SMILES string of the molecule is O=C(CON=C1c2ccccc2-c2ccccc21)Cc1ccccc1. The third kappa shape index (κ3) is 3.09. The molecule has 0 bridgehead atoms. The van der Waals surface area contributed by atoms with Crippen LogP contribution in [0.4, 0.5) is 0 Å². The van der Waals surface area contributed by atoms with E-state index >= 15 is 0 Å². The van der Waals surface area contributed by atoms with Crippen molar-refractivity contribution >= 4 is 11.5 Å². The quantitative estimate of drug-likeness (QED) is 0.514. The van der Waals surface area contributed by atoms with Gasteiger partial charge >= 0.3 is 0 Å². The minimum absolute atomic E-state index is 0.00937. The van der Waals surface area contributed by atoms with E-state index in [0.29, 0.717) is 6.42 Å². The van der Waals surface area contributed by atoms with E-state index in [-0.39, 0.29) is 12.4 Å². The van der Waals surface area contributed by atoms with Crippen LogP contribution in [0.15, 0.2) is 84.0 Å². The molecule has 3 heteroatoms. The summed E-state index contributed by atoms with van der Waals surface area (Å²) < 4.78 is 0. The van der Waals surface area contributed by atoms with Crippen molar-refractivity contribution in [3.8, 4) is 11.1 Å². The molecule has 1 aliphatic carbocycles. The zero-order valence-corrected chi connectivity index (χ0v) is 13.7. The summed E-state index contributed by atoms with van der Waals surface area (Å²) in [6.07, 6.45) is 0.360. The Bertz CT molecular complexity index is 898. The summed E-state index contributed by atoms with van der Waals surface area (Å²) in [4.78, 5) is 17.5. The van der Waals surface area contributed by atoms with Gasteiger partial charge in [0.05, 0.1) is 0 Å². The number of oxime groups is 1. The molecule has 0 saturated heterocycles. The molecule has 0 atom stereocenters. The minimum atomic E-state index is -0.0251. The molecule has 0 spiro atoms. The molecule has 0 amide bonds. The molecule has 122 valence electrons. The van der Waals surface area contributed by atoms with Gasteiger partial charge in [-0.05, 0) is 16.7 Å². The third-order valence-corrected chi connectivity index (χ3v) is 4.28. The Hall–Kier alpha value is -3.20. The molecule has 25 heavy (non-hydrogen) atoms. The van der Waals surface area contributed by atoms with Crippen LogP contribution in [-0.4, -0.2) is 18.1 Å². The Morgan fingerprint density at radius 1 is 0.720 bits per heavy atom.